The van der Waals surface area contributed by atoms with Crippen LogP contribution in [0.5, 0.6) is 0 Å². The molecule has 2 unspecified atom stereocenters. The van der Waals surface area contributed by atoms with Crippen LogP contribution >= 0.6 is 8.61 Å². The molecule has 0 saturated carbocycles. The molecule has 3 atom stereocenters. The summed E-state index contributed by atoms with van der Waals surface area (Å²) in [4.78, 5) is 22.2. The van der Waals surface area contributed by atoms with Crippen LogP contribution in [0.1, 0.15) is 6.42 Å². The highest BCUT2D eigenvalue weighted by atomic mass is 31.1. The van der Waals surface area contributed by atoms with E-state index in [1.807, 2.05) is 0 Å². The summed E-state index contributed by atoms with van der Waals surface area (Å²) in [6.45, 7) is -0.221. The van der Waals surface area contributed by atoms with E-state index in [9.17, 15) is 14.2 Å². The Labute approximate surface area is 93.2 Å². The number of carboxylic acid groups (broad SMARTS) is 1. The second-order valence-electron chi connectivity index (χ2n) is 3.56. The molecular weight excluding hydrogens is 235 g/mol. The zero-order valence-corrected chi connectivity index (χ0v) is 9.47. The number of aliphatic carboxylic acids is 1. The van der Waals surface area contributed by atoms with E-state index in [2.05, 4.69) is 5.32 Å². The molecule has 1 amide bonds. The number of carboxylic acids is 1. The lowest BCUT2D eigenvalue weighted by molar-refractivity contribution is -0.139. The van der Waals surface area contributed by atoms with Crippen LogP contribution in [0.25, 0.3) is 0 Å². The Kier molecular flexibility index (Phi) is 3.93. The van der Waals surface area contributed by atoms with Crippen molar-refractivity contribution in [3.8, 4) is 0 Å². The number of carbonyl (C=O) groups excluding carboxylic acids is 1. The van der Waals surface area contributed by atoms with Crippen molar-refractivity contribution >= 4 is 20.5 Å². The normalized spacial score (nSPS) is 30.8. The second kappa shape index (κ2) is 4.84. The largest absolute Gasteiger partial charge is 0.480 e. The number of rotatable bonds is 4. The molecule has 0 bridgehead atoms. The van der Waals surface area contributed by atoms with Crippen LogP contribution in [0.3, 0.4) is 0 Å². The molecule has 1 heterocycles. The Balaban J connectivity index is 2.82. The van der Waals surface area contributed by atoms with Gasteiger partial charge in [0.25, 0.3) is 5.91 Å². The summed E-state index contributed by atoms with van der Waals surface area (Å²) in [6.07, 6.45) is 0.365. The van der Waals surface area contributed by atoms with Crippen LogP contribution in [-0.2, 0) is 14.2 Å². The van der Waals surface area contributed by atoms with Gasteiger partial charge in [0, 0.05) is 6.04 Å². The minimum atomic E-state index is -1.66. The number of nitrogens with two attached hydrogens (primary N) is 2. The lowest BCUT2D eigenvalue weighted by atomic mass is 9.94. The van der Waals surface area contributed by atoms with Gasteiger partial charge in [0.1, 0.15) is 0 Å². The van der Waals surface area contributed by atoms with Crippen LogP contribution in [0.15, 0.2) is 0 Å². The summed E-state index contributed by atoms with van der Waals surface area (Å²) in [7, 11) is -0.947. The van der Waals surface area contributed by atoms with Crippen molar-refractivity contribution in [2.75, 3.05) is 13.1 Å². The maximum Gasteiger partial charge on any atom is 0.451 e. The minimum absolute atomic E-state index is 0.260. The van der Waals surface area contributed by atoms with Gasteiger partial charge in [-0.2, -0.15) is 0 Å². The van der Waals surface area contributed by atoms with Gasteiger partial charge in [-0.3, -0.25) is 14.9 Å². The average molecular weight is 249 g/mol. The summed E-state index contributed by atoms with van der Waals surface area (Å²) in [5.74, 6) is -1.78. The Morgan fingerprint density at radius 2 is 2.38 bits per heavy atom. The lowest BCUT2D eigenvalue weighted by Crippen LogP contribution is -2.75. The van der Waals surface area contributed by atoms with Crippen molar-refractivity contribution in [3.05, 3.63) is 0 Å². The molecule has 0 aromatic rings. The fraction of sp³-hybridized carbons (Fsp3) is 0.714. The third-order valence-electron chi connectivity index (χ3n) is 2.49. The molecule has 0 spiro atoms. The molecule has 1 rings (SSSR count). The predicted octanol–water partition coefficient (Wildman–Crippen LogP) is -2.19. The van der Waals surface area contributed by atoms with Crippen LogP contribution in [0.4, 0.5) is 0 Å². The van der Waals surface area contributed by atoms with E-state index in [1.165, 1.54) is 0 Å². The van der Waals surface area contributed by atoms with E-state index in [-0.39, 0.29) is 6.54 Å². The first-order chi connectivity index (χ1) is 7.41. The topological polar surface area (TPSA) is 139 Å². The van der Waals surface area contributed by atoms with Gasteiger partial charge in [-0.05, 0) is 11.0 Å². The van der Waals surface area contributed by atoms with Gasteiger partial charge in [-0.15, -0.1) is 4.67 Å². The fourth-order valence-electron chi connectivity index (χ4n) is 1.49. The summed E-state index contributed by atoms with van der Waals surface area (Å²) in [5.41, 5.74) is 9.76. The smallest absolute Gasteiger partial charge is 0.451 e. The predicted molar refractivity (Wildman–Crippen MR) is 55.9 cm³/mol. The molecule has 1 aliphatic rings. The average Bonchev–Trinajstić information content (AvgIpc) is 2.24. The SMILES string of the molecule is NC1CCN([PH+]=O)C(=O)[C@@]1(N)NCC(=O)O. The first kappa shape index (κ1) is 13.0. The Hall–Kier alpha value is -1.08. The lowest BCUT2D eigenvalue weighted by Gasteiger charge is -2.38. The van der Waals surface area contributed by atoms with Crippen molar-refractivity contribution in [1.82, 2.24) is 9.99 Å². The number of hydrogen-bond donors (Lipinski definition) is 4. The van der Waals surface area contributed by atoms with Gasteiger partial charge in [-0.25, -0.2) is 0 Å². The number of carbonyl (C=O) groups is 2. The van der Waals surface area contributed by atoms with E-state index in [4.69, 9.17) is 16.6 Å². The highest BCUT2D eigenvalue weighted by molar-refractivity contribution is 7.21. The Bertz CT molecular complexity index is 326. The highest BCUT2D eigenvalue weighted by Crippen LogP contribution is 2.22. The summed E-state index contributed by atoms with van der Waals surface area (Å²) in [6, 6.07) is -0.702. The molecule has 1 fully saturated rings. The van der Waals surface area contributed by atoms with Gasteiger partial charge in [0.15, 0.2) is 5.66 Å². The third kappa shape index (κ3) is 2.35. The van der Waals surface area contributed by atoms with Crippen molar-refractivity contribution < 1.29 is 19.3 Å². The van der Waals surface area contributed by atoms with Gasteiger partial charge in [-0.1, -0.05) is 0 Å². The fourth-order valence-corrected chi connectivity index (χ4v) is 1.98. The van der Waals surface area contributed by atoms with E-state index < -0.39 is 38.7 Å². The minimum Gasteiger partial charge on any atom is -0.480 e. The number of amides is 1. The van der Waals surface area contributed by atoms with Crippen LogP contribution in [-0.4, -0.2) is 46.4 Å². The standard InChI is InChI=1S/C7H13N4O4P/c8-4-1-2-11(16-15)6(14)7(4,9)10-3-5(12)13/h4,10H,1-3,8-9H2,(H,12,13)/p+1/t4?,7-/m0/s1. The zero-order chi connectivity index (χ0) is 12.3. The van der Waals surface area contributed by atoms with E-state index in [0.717, 1.165) is 4.67 Å². The summed E-state index contributed by atoms with van der Waals surface area (Å²) < 4.78 is 11.8. The molecule has 6 N–H and O–H groups in total. The number of hydrogen-bond acceptors (Lipinski definition) is 6. The molecule has 8 nitrogen and oxygen atoms in total. The zero-order valence-electron chi connectivity index (χ0n) is 8.47. The second-order valence-corrected chi connectivity index (χ2v) is 4.28. The number of nitrogens with one attached hydrogen (secondary N) is 1. The van der Waals surface area contributed by atoms with Crippen LogP contribution in [0, 0.1) is 0 Å². The van der Waals surface area contributed by atoms with E-state index in [0.29, 0.717) is 6.42 Å². The van der Waals surface area contributed by atoms with Crippen LogP contribution in [0.2, 0.25) is 0 Å². The molecule has 1 aliphatic heterocycles. The van der Waals surface area contributed by atoms with Crippen molar-refractivity contribution in [2.45, 2.75) is 18.1 Å². The molecule has 0 aliphatic carbocycles. The monoisotopic (exact) mass is 249 g/mol. The first-order valence-electron chi connectivity index (χ1n) is 4.63. The maximum atomic E-state index is 11.8. The first-order valence-corrected chi connectivity index (χ1v) is 5.48. The van der Waals surface area contributed by atoms with E-state index in [1.54, 1.807) is 0 Å². The van der Waals surface area contributed by atoms with Crippen LogP contribution < -0.4 is 16.8 Å². The van der Waals surface area contributed by atoms with Gasteiger partial charge >= 0.3 is 14.6 Å². The molecule has 9 heteroatoms. The number of piperidine rings is 1. The maximum absolute atomic E-state index is 11.8. The molecule has 0 aromatic heterocycles. The molecule has 16 heavy (non-hydrogen) atoms. The van der Waals surface area contributed by atoms with Gasteiger partial charge in [0.2, 0.25) is 0 Å². The molecule has 90 valence electrons. The van der Waals surface area contributed by atoms with Crippen molar-refractivity contribution in [1.29, 1.82) is 0 Å². The Morgan fingerprint density at radius 1 is 1.75 bits per heavy atom. The molecule has 1 saturated heterocycles. The molecular formula is C7H14N4O4P+. The highest BCUT2D eigenvalue weighted by Gasteiger charge is 2.49. The molecule has 0 aromatic carbocycles. The third-order valence-corrected chi connectivity index (χ3v) is 3.14. The van der Waals surface area contributed by atoms with Gasteiger partial charge < -0.3 is 16.6 Å². The summed E-state index contributed by atoms with van der Waals surface area (Å²) in [5, 5.41) is 10.9. The quantitative estimate of drug-likeness (QED) is 0.328. The van der Waals surface area contributed by atoms with Crippen molar-refractivity contribution in [3.63, 3.8) is 0 Å². The number of nitrogens with zero attached hydrogens (tertiary/aromatic N) is 1. The van der Waals surface area contributed by atoms with Gasteiger partial charge in [0.05, 0.1) is 13.1 Å². The van der Waals surface area contributed by atoms with E-state index >= 15 is 0 Å². The Morgan fingerprint density at radius 3 is 2.88 bits per heavy atom. The summed E-state index contributed by atoms with van der Waals surface area (Å²) >= 11 is 0. The molecule has 0 radical (unpaired) electrons. The van der Waals surface area contributed by atoms with Crippen molar-refractivity contribution in [2.24, 2.45) is 11.5 Å².